The fourth-order valence-corrected chi connectivity index (χ4v) is 3.26. The van der Waals surface area contributed by atoms with E-state index >= 15 is 0 Å². The fraction of sp³-hybridized carbons (Fsp3) is 0.545. The summed E-state index contributed by atoms with van der Waals surface area (Å²) in [6.45, 7) is 4.35. The lowest BCUT2D eigenvalue weighted by atomic mass is 9.76. The number of thiophene rings is 1. The summed E-state index contributed by atoms with van der Waals surface area (Å²) in [5, 5.41) is 9.57. The molecular formula is C11H15NO2S. The number of carboxylic acids is 1. The molecule has 0 bridgehead atoms. The van der Waals surface area contributed by atoms with Gasteiger partial charge < -0.3 is 10.8 Å². The van der Waals surface area contributed by atoms with Crippen LogP contribution in [0.2, 0.25) is 0 Å². The van der Waals surface area contributed by atoms with Crippen LogP contribution < -0.4 is 5.73 Å². The predicted molar refractivity (Wildman–Crippen MR) is 61.5 cm³/mol. The molecule has 0 aliphatic heterocycles. The molecule has 0 aromatic carbocycles. The molecule has 0 atom stereocenters. The van der Waals surface area contributed by atoms with Gasteiger partial charge in [0.25, 0.3) is 0 Å². The molecule has 4 heteroatoms. The van der Waals surface area contributed by atoms with Crippen LogP contribution in [0, 0.1) is 5.41 Å². The minimum Gasteiger partial charge on any atom is -0.478 e. The topological polar surface area (TPSA) is 63.3 Å². The van der Waals surface area contributed by atoms with Crippen LogP contribution in [-0.2, 0) is 12.8 Å². The van der Waals surface area contributed by atoms with E-state index in [0.29, 0.717) is 10.6 Å². The van der Waals surface area contributed by atoms with Gasteiger partial charge in [0.2, 0.25) is 0 Å². The molecule has 0 amide bonds. The molecule has 1 aromatic heterocycles. The first-order valence-electron chi connectivity index (χ1n) is 5.04. The maximum Gasteiger partial charge on any atom is 0.338 e. The van der Waals surface area contributed by atoms with Crippen molar-refractivity contribution in [3.63, 3.8) is 0 Å². The maximum absolute atomic E-state index is 11.1. The Morgan fingerprint density at radius 3 is 2.80 bits per heavy atom. The van der Waals surface area contributed by atoms with Gasteiger partial charge in [-0.3, -0.25) is 0 Å². The van der Waals surface area contributed by atoms with Crippen LogP contribution in [0.1, 0.15) is 41.1 Å². The third-order valence-electron chi connectivity index (χ3n) is 3.02. The SMILES string of the molecule is CC1(C)CCc2sc(N)c(C(=O)O)c2C1. The third-order valence-corrected chi connectivity index (χ3v) is 4.14. The second kappa shape index (κ2) is 3.23. The molecule has 0 spiro atoms. The number of carbonyl (C=O) groups is 1. The van der Waals surface area contributed by atoms with Gasteiger partial charge in [0.05, 0.1) is 5.56 Å². The normalized spacial score (nSPS) is 18.5. The molecule has 2 rings (SSSR count). The highest BCUT2D eigenvalue weighted by Crippen LogP contribution is 2.42. The Hall–Kier alpha value is -1.03. The average Bonchev–Trinajstić information content (AvgIpc) is 2.38. The molecule has 15 heavy (non-hydrogen) atoms. The number of rotatable bonds is 1. The van der Waals surface area contributed by atoms with Gasteiger partial charge >= 0.3 is 5.97 Å². The lowest BCUT2D eigenvalue weighted by Gasteiger charge is -2.29. The molecule has 0 saturated carbocycles. The molecule has 82 valence electrons. The zero-order valence-electron chi connectivity index (χ0n) is 8.96. The van der Waals surface area contributed by atoms with Gasteiger partial charge in [-0.05, 0) is 30.2 Å². The van der Waals surface area contributed by atoms with Gasteiger partial charge in [0, 0.05) is 4.88 Å². The number of nitrogens with two attached hydrogens (primary N) is 1. The molecule has 0 saturated heterocycles. The summed E-state index contributed by atoms with van der Waals surface area (Å²) < 4.78 is 0. The molecule has 3 nitrogen and oxygen atoms in total. The van der Waals surface area contributed by atoms with Crippen LogP contribution in [0.25, 0.3) is 0 Å². The minimum absolute atomic E-state index is 0.199. The summed E-state index contributed by atoms with van der Waals surface area (Å²) in [7, 11) is 0. The molecule has 1 aliphatic carbocycles. The molecule has 1 aromatic rings. The zero-order valence-corrected chi connectivity index (χ0v) is 9.78. The van der Waals surface area contributed by atoms with Crippen LogP contribution >= 0.6 is 11.3 Å². The van der Waals surface area contributed by atoms with Crippen molar-refractivity contribution >= 4 is 22.3 Å². The lowest BCUT2D eigenvalue weighted by Crippen LogP contribution is -2.22. The maximum atomic E-state index is 11.1. The van der Waals surface area contributed by atoms with Gasteiger partial charge in [0.15, 0.2) is 0 Å². The Balaban J connectivity index is 2.51. The quantitative estimate of drug-likeness (QED) is 0.772. The van der Waals surface area contributed by atoms with Gasteiger partial charge in [-0.2, -0.15) is 0 Å². The lowest BCUT2D eigenvalue weighted by molar-refractivity contribution is 0.0696. The van der Waals surface area contributed by atoms with E-state index in [2.05, 4.69) is 13.8 Å². The second-order valence-electron chi connectivity index (χ2n) is 4.89. The summed E-state index contributed by atoms with van der Waals surface area (Å²) in [5.74, 6) is -0.886. The molecular weight excluding hydrogens is 210 g/mol. The summed E-state index contributed by atoms with van der Waals surface area (Å²) in [4.78, 5) is 12.3. The molecule has 0 radical (unpaired) electrons. The summed E-state index contributed by atoms with van der Waals surface area (Å²) in [6.07, 6.45) is 2.90. The molecule has 0 fully saturated rings. The number of aromatic carboxylic acids is 1. The van der Waals surface area contributed by atoms with Crippen LogP contribution in [0.4, 0.5) is 5.00 Å². The zero-order chi connectivity index (χ0) is 11.2. The standard InChI is InChI=1S/C11H15NO2S/c1-11(2)4-3-7-6(5-11)8(10(13)14)9(12)15-7/h3-5,12H2,1-2H3,(H,13,14). The highest BCUT2D eigenvalue weighted by Gasteiger charge is 2.31. The van der Waals surface area contributed by atoms with Gasteiger partial charge in [0.1, 0.15) is 5.00 Å². The van der Waals surface area contributed by atoms with Crippen molar-refractivity contribution < 1.29 is 9.90 Å². The van der Waals surface area contributed by atoms with E-state index in [1.54, 1.807) is 0 Å². The Morgan fingerprint density at radius 1 is 1.53 bits per heavy atom. The number of carboxylic acid groups (broad SMARTS) is 1. The Labute approximate surface area is 92.9 Å². The first kappa shape index (κ1) is 10.5. The number of anilines is 1. The number of nitrogen functional groups attached to an aromatic ring is 1. The first-order chi connectivity index (χ1) is 6.91. The van der Waals surface area contributed by atoms with Gasteiger partial charge in [-0.15, -0.1) is 11.3 Å². The fourth-order valence-electron chi connectivity index (χ4n) is 2.18. The average molecular weight is 225 g/mol. The molecule has 3 N–H and O–H groups in total. The van der Waals surface area contributed by atoms with E-state index in [0.717, 1.165) is 24.8 Å². The van der Waals surface area contributed by atoms with Crippen molar-refractivity contribution in [3.8, 4) is 0 Å². The van der Waals surface area contributed by atoms with E-state index in [4.69, 9.17) is 10.8 Å². The highest BCUT2D eigenvalue weighted by atomic mass is 32.1. The molecule has 1 heterocycles. The Bertz CT molecular complexity index is 420. The summed E-state index contributed by atoms with van der Waals surface area (Å²) >= 11 is 1.44. The van der Waals surface area contributed by atoms with E-state index in [1.165, 1.54) is 16.2 Å². The van der Waals surface area contributed by atoms with Crippen LogP contribution in [-0.4, -0.2) is 11.1 Å². The first-order valence-corrected chi connectivity index (χ1v) is 5.86. The Morgan fingerprint density at radius 2 is 2.20 bits per heavy atom. The van der Waals surface area contributed by atoms with Crippen LogP contribution in [0.15, 0.2) is 0 Å². The van der Waals surface area contributed by atoms with E-state index in [-0.39, 0.29) is 5.41 Å². The number of aryl methyl sites for hydroxylation is 1. The van der Waals surface area contributed by atoms with E-state index < -0.39 is 5.97 Å². The van der Waals surface area contributed by atoms with Gasteiger partial charge in [-0.1, -0.05) is 13.8 Å². The number of fused-ring (bicyclic) bond motifs is 1. The van der Waals surface area contributed by atoms with Crippen LogP contribution in [0.3, 0.4) is 0 Å². The minimum atomic E-state index is -0.886. The number of hydrogen-bond acceptors (Lipinski definition) is 3. The smallest absolute Gasteiger partial charge is 0.338 e. The summed E-state index contributed by atoms with van der Waals surface area (Å²) in [5.41, 5.74) is 7.27. The molecule has 1 aliphatic rings. The van der Waals surface area contributed by atoms with Crippen LogP contribution in [0.5, 0.6) is 0 Å². The van der Waals surface area contributed by atoms with Crippen molar-refractivity contribution in [3.05, 3.63) is 16.0 Å². The predicted octanol–water partition coefficient (Wildman–Crippen LogP) is 2.54. The third kappa shape index (κ3) is 1.74. The van der Waals surface area contributed by atoms with Crippen molar-refractivity contribution in [2.75, 3.05) is 5.73 Å². The largest absolute Gasteiger partial charge is 0.478 e. The van der Waals surface area contributed by atoms with Crippen molar-refractivity contribution in [1.29, 1.82) is 0 Å². The van der Waals surface area contributed by atoms with Crippen molar-refractivity contribution in [2.45, 2.75) is 33.1 Å². The number of hydrogen-bond donors (Lipinski definition) is 2. The van der Waals surface area contributed by atoms with E-state index in [9.17, 15) is 4.79 Å². The highest BCUT2D eigenvalue weighted by molar-refractivity contribution is 7.16. The Kier molecular flexibility index (Phi) is 2.26. The summed E-state index contributed by atoms with van der Waals surface area (Å²) in [6, 6.07) is 0. The second-order valence-corrected chi connectivity index (χ2v) is 6.03. The monoisotopic (exact) mass is 225 g/mol. The van der Waals surface area contributed by atoms with Crippen molar-refractivity contribution in [2.24, 2.45) is 5.41 Å². The van der Waals surface area contributed by atoms with Crippen molar-refractivity contribution in [1.82, 2.24) is 0 Å². The van der Waals surface area contributed by atoms with E-state index in [1.807, 2.05) is 0 Å². The van der Waals surface area contributed by atoms with Gasteiger partial charge in [-0.25, -0.2) is 4.79 Å². The molecule has 0 unspecified atom stereocenters.